The standard InChI is InChI=1S/C26H34N4O2.HI/c1-19-18-30(14-13-23(19)21-9-4-3-5-10-21)26(27-2)28-17-20-8-6-11-22(16-20)29-25(31)24-12-7-15-32-24;/h3-6,8-11,16,19,23-24H,7,12-15,17-18H2,1-2H3,(H,27,28)(H,29,31);1H. The number of ether oxygens (including phenoxy) is 1. The van der Waals surface area contributed by atoms with Gasteiger partial charge in [0.2, 0.25) is 0 Å². The number of nitrogens with one attached hydrogen (secondary N) is 2. The van der Waals surface area contributed by atoms with Gasteiger partial charge in [-0.15, -0.1) is 24.0 Å². The Morgan fingerprint density at radius 3 is 2.67 bits per heavy atom. The highest BCUT2D eigenvalue weighted by Crippen LogP contribution is 2.32. The lowest BCUT2D eigenvalue weighted by Gasteiger charge is -2.39. The van der Waals surface area contributed by atoms with Crippen LogP contribution in [0.4, 0.5) is 5.69 Å². The minimum absolute atomic E-state index is 0. The minimum Gasteiger partial charge on any atom is -0.368 e. The van der Waals surface area contributed by atoms with Crippen LogP contribution >= 0.6 is 24.0 Å². The Hall–Kier alpha value is -2.13. The smallest absolute Gasteiger partial charge is 0.253 e. The number of likely N-dealkylation sites (tertiary alicyclic amines) is 1. The molecule has 2 saturated heterocycles. The Bertz CT molecular complexity index is 931. The first-order chi connectivity index (χ1) is 15.6. The highest BCUT2D eigenvalue weighted by Gasteiger charge is 2.28. The summed E-state index contributed by atoms with van der Waals surface area (Å²) in [4.78, 5) is 19.2. The van der Waals surface area contributed by atoms with E-state index in [4.69, 9.17) is 4.74 Å². The molecular weight excluding hydrogens is 527 g/mol. The van der Waals surface area contributed by atoms with Gasteiger partial charge in [-0.1, -0.05) is 49.4 Å². The van der Waals surface area contributed by atoms with Gasteiger partial charge >= 0.3 is 0 Å². The van der Waals surface area contributed by atoms with Gasteiger partial charge in [0.25, 0.3) is 5.91 Å². The number of anilines is 1. The van der Waals surface area contributed by atoms with Gasteiger partial charge in [-0.3, -0.25) is 9.79 Å². The van der Waals surface area contributed by atoms with E-state index in [1.54, 1.807) is 0 Å². The Morgan fingerprint density at radius 1 is 1.15 bits per heavy atom. The van der Waals surface area contributed by atoms with E-state index in [0.717, 1.165) is 49.6 Å². The molecule has 0 bridgehead atoms. The molecule has 2 aliphatic heterocycles. The van der Waals surface area contributed by atoms with Crippen LogP contribution in [0.3, 0.4) is 0 Å². The largest absolute Gasteiger partial charge is 0.368 e. The zero-order chi connectivity index (χ0) is 22.3. The van der Waals surface area contributed by atoms with Gasteiger partial charge in [0.15, 0.2) is 5.96 Å². The van der Waals surface area contributed by atoms with Crippen molar-refractivity contribution in [3.05, 3.63) is 65.7 Å². The fourth-order valence-corrected chi connectivity index (χ4v) is 4.81. The van der Waals surface area contributed by atoms with E-state index in [2.05, 4.69) is 63.8 Å². The van der Waals surface area contributed by atoms with E-state index >= 15 is 0 Å². The predicted octanol–water partition coefficient (Wildman–Crippen LogP) is 4.62. The number of halogens is 1. The number of benzene rings is 2. The van der Waals surface area contributed by atoms with Crippen molar-refractivity contribution in [1.82, 2.24) is 10.2 Å². The SMILES string of the molecule is CN=C(NCc1cccc(NC(=O)C2CCCO2)c1)N1CCC(c2ccccc2)C(C)C1.I. The normalized spacial score (nSPS) is 23.0. The summed E-state index contributed by atoms with van der Waals surface area (Å²) in [5.74, 6) is 2.02. The number of carbonyl (C=O) groups excluding carboxylic acids is 1. The fourth-order valence-electron chi connectivity index (χ4n) is 4.81. The third kappa shape index (κ3) is 6.69. The monoisotopic (exact) mass is 562 g/mol. The molecule has 2 heterocycles. The van der Waals surface area contributed by atoms with Crippen LogP contribution < -0.4 is 10.6 Å². The molecule has 2 fully saturated rings. The molecule has 0 radical (unpaired) electrons. The molecule has 3 unspecified atom stereocenters. The molecule has 7 heteroatoms. The lowest BCUT2D eigenvalue weighted by atomic mass is 9.82. The second-order valence-electron chi connectivity index (χ2n) is 8.82. The molecule has 0 saturated carbocycles. The summed E-state index contributed by atoms with van der Waals surface area (Å²) in [7, 11) is 1.84. The van der Waals surface area contributed by atoms with Gasteiger partial charge in [-0.2, -0.15) is 0 Å². The van der Waals surface area contributed by atoms with Crippen LogP contribution in [-0.2, 0) is 16.1 Å². The summed E-state index contributed by atoms with van der Waals surface area (Å²) < 4.78 is 5.48. The van der Waals surface area contributed by atoms with E-state index < -0.39 is 0 Å². The van der Waals surface area contributed by atoms with Crippen molar-refractivity contribution in [2.24, 2.45) is 10.9 Å². The Balaban J connectivity index is 0.00000306. The molecular formula is C26H35IN4O2. The zero-order valence-corrected chi connectivity index (χ0v) is 21.8. The van der Waals surface area contributed by atoms with Crippen molar-refractivity contribution in [2.45, 2.75) is 44.8 Å². The minimum atomic E-state index is -0.323. The molecule has 0 aromatic heterocycles. The Labute approximate surface area is 214 Å². The lowest BCUT2D eigenvalue weighted by molar-refractivity contribution is -0.124. The average Bonchev–Trinajstić information content (AvgIpc) is 3.36. The fraction of sp³-hybridized carbons (Fsp3) is 0.462. The highest BCUT2D eigenvalue weighted by molar-refractivity contribution is 14.0. The Kier molecular flexibility index (Phi) is 9.55. The van der Waals surface area contributed by atoms with Crippen LogP contribution in [0.2, 0.25) is 0 Å². The summed E-state index contributed by atoms with van der Waals surface area (Å²) in [6.45, 7) is 5.63. The summed E-state index contributed by atoms with van der Waals surface area (Å²) >= 11 is 0. The Morgan fingerprint density at radius 2 is 1.97 bits per heavy atom. The van der Waals surface area contributed by atoms with Gasteiger partial charge in [-0.25, -0.2) is 0 Å². The molecule has 2 N–H and O–H groups in total. The van der Waals surface area contributed by atoms with Crippen LogP contribution in [0.15, 0.2) is 59.6 Å². The molecule has 1 amide bonds. The van der Waals surface area contributed by atoms with Gasteiger partial charge < -0.3 is 20.3 Å². The van der Waals surface area contributed by atoms with Crippen molar-refractivity contribution in [2.75, 3.05) is 32.1 Å². The lowest BCUT2D eigenvalue weighted by Crippen LogP contribution is -2.47. The first-order valence-corrected chi connectivity index (χ1v) is 11.7. The maximum atomic E-state index is 12.3. The number of nitrogens with zero attached hydrogens (tertiary/aromatic N) is 2. The maximum Gasteiger partial charge on any atom is 0.253 e. The van der Waals surface area contributed by atoms with Crippen molar-refractivity contribution < 1.29 is 9.53 Å². The van der Waals surface area contributed by atoms with Gasteiger partial charge in [0, 0.05) is 39.0 Å². The summed E-state index contributed by atoms with van der Waals surface area (Å²) in [6.07, 6.45) is 2.54. The average molecular weight is 562 g/mol. The van der Waals surface area contributed by atoms with Gasteiger partial charge in [-0.05, 0) is 54.4 Å². The molecule has 0 spiro atoms. The molecule has 0 aliphatic carbocycles. The van der Waals surface area contributed by atoms with Gasteiger partial charge in [0.05, 0.1) is 0 Å². The molecule has 4 rings (SSSR count). The number of hydrogen-bond acceptors (Lipinski definition) is 3. The predicted molar refractivity (Wildman–Crippen MR) is 144 cm³/mol. The van der Waals surface area contributed by atoms with Crippen LogP contribution in [0, 0.1) is 5.92 Å². The van der Waals surface area contributed by atoms with E-state index in [1.807, 2.05) is 25.2 Å². The summed E-state index contributed by atoms with van der Waals surface area (Å²) in [6, 6.07) is 18.8. The first-order valence-electron chi connectivity index (χ1n) is 11.7. The third-order valence-corrected chi connectivity index (χ3v) is 6.51. The topological polar surface area (TPSA) is 66.0 Å². The molecule has 2 aliphatic rings. The van der Waals surface area contributed by atoms with E-state index in [0.29, 0.717) is 25.0 Å². The quantitative estimate of drug-likeness (QED) is 0.317. The van der Waals surface area contributed by atoms with Crippen molar-refractivity contribution in [3.8, 4) is 0 Å². The van der Waals surface area contributed by atoms with E-state index in [-0.39, 0.29) is 36.0 Å². The second-order valence-corrected chi connectivity index (χ2v) is 8.82. The summed E-state index contributed by atoms with van der Waals surface area (Å²) in [5.41, 5.74) is 3.34. The molecule has 2 aromatic rings. The highest BCUT2D eigenvalue weighted by atomic mass is 127. The van der Waals surface area contributed by atoms with Crippen molar-refractivity contribution >= 4 is 41.5 Å². The molecule has 33 heavy (non-hydrogen) atoms. The molecule has 178 valence electrons. The van der Waals surface area contributed by atoms with Crippen molar-refractivity contribution in [3.63, 3.8) is 0 Å². The first kappa shape index (κ1) is 25.5. The van der Waals surface area contributed by atoms with Crippen LogP contribution in [0.25, 0.3) is 0 Å². The van der Waals surface area contributed by atoms with E-state index in [1.165, 1.54) is 5.56 Å². The van der Waals surface area contributed by atoms with E-state index in [9.17, 15) is 4.79 Å². The second kappa shape index (κ2) is 12.4. The molecule has 2 aromatic carbocycles. The molecule has 3 atom stereocenters. The van der Waals surface area contributed by atoms with Crippen LogP contribution in [0.1, 0.15) is 43.2 Å². The molecule has 6 nitrogen and oxygen atoms in total. The number of amides is 1. The number of piperidine rings is 1. The number of rotatable bonds is 5. The third-order valence-electron chi connectivity index (χ3n) is 6.51. The maximum absolute atomic E-state index is 12.3. The van der Waals surface area contributed by atoms with Crippen LogP contribution in [-0.4, -0.2) is 49.6 Å². The number of guanidine groups is 1. The van der Waals surface area contributed by atoms with Crippen LogP contribution in [0.5, 0.6) is 0 Å². The number of aliphatic imine (C=N–C) groups is 1. The van der Waals surface area contributed by atoms with Gasteiger partial charge in [0.1, 0.15) is 6.10 Å². The summed E-state index contributed by atoms with van der Waals surface area (Å²) in [5, 5.41) is 6.49. The zero-order valence-electron chi connectivity index (χ0n) is 19.5. The number of carbonyl (C=O) groups is 1. The van der Waals surface area contributed by atoms with Crippen molar-refractivity contribution in [1.29, 1.82) is 0 Å². The number of hydrogen-bond donors (Lipinski definition) is 2.